The topological polar surface area (TPSA) is 86.1 Å². The number of ether oxygens (including phenoxy) is 2. The second-order valence-corrected chi connectivity index (χ2v) is 7.74. The highest BCUT2D eigenvalue weighted by Crippen LogP contribution is 2.47. The molecule has 4 atom stereocenters. The van der Waals surface area contributed by atoms with Crippen molar-refractivity contribution >= 4 is 16.9 Å². The van der Waals surface area contributed by atoms with Crippen LogP contribution in [0, 0.1) is 11.8 Å². The van der Waals surface area contributed by atoms with Crippen LogP contribution in [0.25, 0.3) is 10.9 Å². The van der Waals surface area contributed by atoms with Crippen LogP contribution in [0.15, 0.2) is 36.1 Å². The highest BCUT2D eigenvalue weighted by molar-refractivity contribution is 5.89. The van der Waals surface area contributed by atoms with E-state index < -0.39 is 0 Å². The largest absolute Gasteiger partial charge is 0.497 e. The van der Waals surface area contributed by atoms with Gasteiger partial charge in [0.2, 0.25) is 0 Å². The maximum atomic E-state index is 12.3. The number of carbonyl (C=O) groups is 1. The lowest BCUT2D eigenvalue weighted by Gasteiger charge is -2.49. The zero-order valence-electron chi connectivity index (χ0n) is 15.7. The fourth-order valence-corrected chi connectivity index (χ4v) is 5.19. The second-order valence-electron chi connectivity index (χ2n) is 7.74. The van der Waals surface area contributed by atoms with Crippen LogP contribution < -0.4 is 0 Å². The summed E-state index contributed by atoms with van der Waals surface area (Å²) >= 11 is 0. The van der Waals surface area contributed by atoms with Gasteiger partial charge in [-0.2, -0.15) is 0 Å². The molecule has 1 aromatic carbocycles. The lowest BCUT2D eigenvalue weighted by molar-refractivity contribution is -0.139. The van der Waals surface area contributed by atoms with Crippen molar-refractivity contribution in [2.75, 3.05) is 20.2 Å². The summed E-state index contributed by atoms with van der Waals surface area (Å²) in [4.78, 5) is 18.5. The van der Waals surface area contributed by atoms with Gasteiger partial charge in [0.05, 0.1) is 31.1 Å². The monoisotopic (exact) mass is 370 g/mol. The third-order valence-corrected chi connectivity index (χ3v) is 6.54. The number of esters is 1. The zero-order chi connectivity index (χ0) is 17.8. The Labute approximate surface area is 158 Å². The van der Waals surface area contributed by atoms with E-state index in [0.29, 0.717) is 17.5 Å². The zero-order valence-corrected chi connectivity index (χ0v) is 15.7. The summed E-state index contributed by atoms with van der Waals surface area (Å²) < 4.78 is 10.8. The molecule has 144 valence electrons. The number of para-hydroxylation sites is 1. The highest BCUT2D eigenvalue weighted by Gasteiger charge is 2.46. The van der Waals surface area contributed by atoms with Crippen molar-refractivity contribution in [3.63, 3.8) is 0 Å². The molecule has 0 spiro atoms. The fraction of sp³-hybridized carbons (Fsp3) is 0.476. The number of methoxy groups -OCH3 is 1. The van der Waals surface area contributed by atoms with Crippen LogP contribution in [0.2, 0.25) is 0 Å². The molecule has 5 rings (SSSR count). The Bertz CT molecular complexity index is 903. The highest BCUT2D eigenvalue weighted by atomic mass is 16.5. The van der Waals surface area contributed by atoms with Gasteiger partial charge < -0.3 is 19.9 Å². The Kier molecular flexibility index (Phi) is 4.48. The average molecular weight is 370 g/mol. The molecule has 3 aliphatic rings. The molecule has 0 aliphatic carbocycles. The number of rotatable bonds is 1. The SMILES string of the molecule is COC(=O)C1=CO[C@@H](C)[C@H]2CN3CCc4c([nH]c5ccccc45)[C@@H]3C[C@H]12.O. The number of aromatic amines is 1. The van der Waals surface area contributed by atoms with Crippen molar-refractivity contribution < 1.29 is 19.7 Å². The Morgan fingerprint density at radius 3 is 2.96 bits per heavy atom. The molecular weight excluding hydrogens is 344 g/mol. The molecule has 2 aromatic rings. The van der Waals surface area contributed by atoms with Crippen molar-refractivity contribution in [3.8, 4) is 0 Å². The minimum atomic E-state index is -0.256. The van der Waals surface area contributed by atoms with Crippen molar-refractivity contribution in [3.05, 3.63) is 47.4 Å². The predicted octanol–water partition coefficient (Wildman–Crippen LogP) is 2.35. The van der Waals surface area contributed by atoms with E-state index in [9.17, 15) is 4.79 Å². The summed E-state index contributed by atoms with van der Waals surface area (Å²) in [6, 6.07) is 8.88. The minimum absolute atomic E-state index is 0. The van der Waals surface area contributed by atoms with Crippen LogP contribution in [-0.2, 0) is 20.7 Å². The molecule has 1 aromatic heterocycles. The molecule has 6 nitrogen and oxygen atoms in total. The van der Waals surface area contributed by atoms with Gasteiger partial charge in [0.1, 0.15) is 0 Å². The first-order chi connectivity index (χ1) is 12.7. The number of nitrogens with zero attached hydrogens (tertiary/aromatic N) is 1. The van der Waals surface area contributed by atoms with E-state index >= 15 is 0 Å². The summed E-state index contributed by atoms with van der Waals surface area (Å²) in [6.45, 7) is 4.13. The maximum Gasteiger partial charge on any atom is 0.337 e. The Balaban J connectivity index is 0.00000180. The number of hydrogen-bond donors (Lipinski definition) is 1. The van der Waals surface area contributed by atoms with Crippen LogP contribution >= 0.6 is 0 Å². The number of H-pyrrole nitrogens is 1. The molecule has 1 saturated heterocycles. The first-order valence-corrected chi connectivity index (χ1v) is 9.44. The number of carbonyl (C=O) groups excluding carboxylic acids is 1. The second kappa shape index (κ2) is 6.69. The molecule has 3 N–H and O–H groups in total. The van der Waals surface area contributed by atoms with E-state index in [0.717, 1.165) is 25.9 Å². The van der Waals surface area contributed by atoms with E-state index in [1.165, 1.54) is 29.3 Å². The summed E-state index contributed by atoms with van der Waals surface area (Å²) in [5.41, 5.74) is 4.69. The third-order valence-electron chi connectivity index (χ3n) is 6.54. The molecule has 0 bridgehead atoms. The van der Waals surface area contributed by atoms with Crippen molar-refractivity contribution in [1.29, 1.82) is 0 Å². The number of hydrogen-bond acceptors (Lipinski definition) is 4. The fourth-order valence-electron chi connectivity index (χ4n) is 5.19. The molecule has 0 amide bonds. The third kappa shape index (κ3) is 2.66. The van der Waals surface area contributed by atoms with Gasteiger partial charge in [0, 0.05) is 41.5 Å². The maximum absolute atomic E-state index is 12.3. The van der Waals surface area contributed by atoms with Crippen molar-refractivity contribution in [2.24, 2.45) is 11.8 Å². The number of nitrogens with one attached hydrogen (secondary N) is 1. The van der Waals surface area contributed by atoms with E-state index in [-0.39, 0.29) is 23.5 Å². The lowest BCUT2D eigenvalue weighted by Crippen LogP contribution is -2.51. The van der Waals surface area contributed by atoms with Crippen LogP contribution in [0.4, 0.5) is 0 Å². The van der Waals surface area contributed by atoms with E-state index in [1.807, 2.05) is 0 Å². The van der Waals surface area contributed by atoms with Crippen molar-refractivity contribution in [2.45, 2.75) is 31.9 Å². The van der Waals surface area contributed by atoms with Crippen molar-refractivity contribution in [1.82, 2.24) is 9.88 Å². The summed E-state index contributed by atoms with van der Waals surface area (Å²) in [5.74, 6) is 0.258. The van der Waals surface area contributed by atoms with Crippen LogP contribution in [0.5, 0.6) is 0 Å². The first kappa shape index (κ1) is 18.1. The van der Waals surface area contributed by atoms with E-state index in [2.05, 4.69) is 41.1 Å². The van der Waals surface area contributed by atoms with Gasteiger partial charge >= 0.3 is 5.97 Å². The molecular formula is C21H26N2O4. The molecule has 27 heavy (non-hydrogen) atoms. The lowest BCUT2D eigenvalue weighted by atomic mass is 9.72. The molecule has 0 saturated carbocycles. The van der Waals surface area contributed by atoms with Gasteiger partial charge in [-0.1, -0.05) is 18.2 Å². The van der Waals surface area contributed by atoms with E-state index in [4.69, 9.17) is 9.47 Å². The normalized spacial score (nSPS) is 29.5. The Morgan fingerprint density at radius 2 is 2.15 bits per heavy atom. The molecule has 3 aliphatic heterocycles. The van der Waals surface area contributed by atoms with Gasteiger partial charge in [-0.25, -0.2) is 4.79 Å². The smallest absolute Gasteiger partial charge is 0.337 e. The molecule has 0 unspecified atom stereocenters. The van der Waals surface area contributed by atoms with Gasteiger partial charge in [-0.15, -0.1) is 0 Å². The van der Waals surface area contributed by atoms with Crippen LogP contribution in [0.3, 0.4) is 0 Å². The van der Waals surface area contributed by atoms with Gasteiger partial charge in [-0.3, -0.25) is 4.90 Å². The summed E-state index contributed by atoms with van der Waals surface area (Å²) in [5, 5.41) is 1.34. The Morgan fingerprint density at radius 1 is 1.33 bits per heavy atom. The molecule has 0 radical (unpaired) electrons. The minimum Gasteiger partial charge on any atom is -0.497 e. The van der Waals surface area contributed by atoms with Gasteiger partial charge in [-0.05, 0) is 31.4 Å². The number of piperidine rings is 1. The molecule has 6 heteroatoms. The first-order valence-electron chi connectivity index (χ1n) is 9.44. The summed E-state index contributed by atoms with van der Waals surface area (Å²) in [6.07, 6.45) is 3.77. The number of fused-ring (bicyclic) bond motifs is 6. The molecule has 4 heterocycles. The standard InChI is InChI=1S/C21H24N2O3.H2O/c1-12-16-10-23-8-7-14-13-5-3-4-6-18(13)22-20(14)19(23)9-15(16)17(11-26-12)21(24)25-2;/h3-6,11-12,15-16,19,22H,7-10H2,1-2H3;1H2/t12-,15-,16+,19-;/m0./s1. The van der Waals surface area contributed by atoms with Crippen LogP contribution in [0.1, 0.15) is 30.6 Å². The summed E-state index contributed by atoms with van der Waals surface area (Å²) in [7, 11) is 1.45. The number of benzene rings is 1. The van der Waals surface area contributed by atoms with Gasteiger partial charge in [0.25, 0.3) is 0 Å². The van der Waals surface area contributed by atoms with E-state index in [1.54, 1.807) is 6.26 Å². The predicted molar refractivity (Wildman–Crippen MR) is 102 cm³/mol. The average Bonchev–Trinajstić information content (AvgIpc) is 3.06. The quantitative estimate of drug-likeness (QED) is 0.781. The van der Waals surface area contributed by atoms with Crippen LogP contribution in [-0.4, -0.2) is 47.6 Å². The number of aromatic nitrogens is 1. The Hall–Kier alpha value is -2.31. The molecule has 1 fully saturated rings. The van der Waals surface area contributed by atoms with Gasteiger partial charge in [0.15, 0.2) is 0 Å².